The molecule has 7 heteroatoms. The van der Waals surface area contributed by atoms with E-state index in [2.05, 4.69) is 59.1 Å². The molecule has 0 fully saturated rings. The fourth-order valence-corrected chi connectivity index (χ4v) is 4.34. The molecular weight excluding hydrogens is 370 g/mol. The van der Waals surface area contributed by atoms with Crippen LogP contribution < -0.4 is 10.7 Å². The molecular formula is C21H23N5OS. The third-order valence-corrected chi connectivity index (χ3v) is 6.28. The van der Waals surface area contributed by atoms with Crippen LogP contribution in [0.25, 0.3) is 0 Å². The monoisotopic (exact) mass is 393 g/mol. The molecule has 0 radical (unpaired) electrons. The first-order chi connectivity index (χ1) is 13.4. The zero-order chi connectivity index (χ0) is 19.8. The third kappa shape index (κ3) is 3.49. The molecule has 2 heterocycles. The van der Waals surface area contributed by atoms with Crippen LogP contribution in [0.2, 0.25) is 0 Å². The number of aryl methyl sites for hydroxylation is 4. The average molecular weight is 394 g/mol. The number of rotatable bonds is 3. The van der Waals surface area contributed by atoms with Crippen molar-refractivity contribution in [3.63, 3.8) is 0 Å². The SMILES string of the molecule is Cc1ccc([C@@H]2Nn3c(C)nnc3S[C@H]2C(=O)Nc2ccc(C)c(C)c2)cc1. The van der Waals surface area contributed by atoms with E-state index in [1.807, 2.05) is 36.7 Å². The summed E-state index contributed by atoms with van der Waals surface area (Å²) in [4.78, 5) is 13.2. The zero-order valence-electron chi connectivity index (χ0n) is 16.4. The molecule has 144 valence electrons. The first-order valence-electron chi connectivity index (χ1n) is 9.22. The topological polar surface area (TPSA) is 71.8 Å². The van der Waals surface area contributed by atoms with E-state index in [1.165, 1.54) is 22.9 Å². The highest BCUT2D eigenvalue weighted by Gasteiger charge is 2.37. The molecule has 4 rings (SSSR count). The number of thioether (sulfide) groups is 1. The minimum absolute atomic E-state index is 0.0572. The van der Waals surface area contributed by atoms with Gasteiger partial charge in [-0.05, 0) is 56.5 Å². The first kappa shape index (κ1) is 18.6. The Morgan fingerprint density at radius 1 is 1.04 bits per heavy atom. The fourth-order valence-electron chi connectivity index (χ4n) is 3.22. The van der Waals surface area contributed by atoms with Gasteiger partial charge >= 0.3 is 0 Å². The molecule has 0 unspecified atom stereocenters. The van der Waals surface area contributed by atoms with Gasteiger partial charge in [0.1, 0.15) is 11.1 Å². The normalized spacial score (nSPS) is 18.3. The van der Waals surface area contributed by atoms with Crippen LogP contribution in [0.3, 0.4) is 0 Å². The molecule has 0 aliphatic carbocycles. The summed E-state index contributed by atoms with van der Waals surface area (Å²) in [7, 11) is 0. The molecule has 2 N–H and O–H groups in total. The molecule has 3 aromatic rings. The maximum absolute atomic E-state index is 13.2. The van der Waals surface area contributed by atoms with Gasteiger partial charge in [0.15, 0.2) is 0 Å². The van der Waals surface area contributed by atoms with Crippen molar-refractivity contribution in [1.29, 1.82) is 0 Å². The van der Waals surface area contributed by atoms with Crippen LogP contribution in [0.1, 0.15) is 34.1 Å². The Balaban J connectivity index is 1.65. The fraction of sp³-hybridized carbons (Fsp3) is 0.286. The second-order valence-corrected chi connectivity index (χ2v) is 8.32. The summed E-state index contributed by atoms with van der Waals surface area (Å²) in [5.41, 5.74) is 8.82. The molecule has 1 amide bonds. The van der Waals surface area contributed by atoms with Crippen molar-refractivity contribution in [1.82, 2.24) is 14.9 Å². The van der Waals surface area contributed by atoms with Crippen molar-refractivity contribution in [3.8, 4) is 0 Å². The summed E-state index contributed by atoms with van der Waals surface area (Å²) >= 11 is 1.43. The van der Waals surface area contributed by atoms with Crippen LogP contribution in [0.5, 0.6) is 0 Å². The minimum atomic E-state index is -0.375. The van der Waals surface area contributed by atoms with Gasteiger partial charge in [0.05, 0.1) is 6.04 Å². The van der Waals surface area contributed by atoms with E-state index in [9.17, 15) is 4.79 Å². The van der Waals surface area contributed by atoms with E-state index >= 15 is 0 Å². The molecule has 1 aromatic heterocycles. The summed E-state index contributed by atoms with van der Waals surface area (Å²) in [6.45, 7) is 8.05. The highest BCUT2D eigenvalue weighted by molar-refractivity contribution is 8.00. The Labute approximate surface area is 168 Å². The van der Waals surface area contributed by atoms with Gasteiger partial charge < -0.3 is 10.7 Å². The van der Waals surface area contributed by atoms with Crippen molar-refractivity contribution in [2.75, 3.05) is 10.7 Å². The molecule has 2 atom stereocenters. The number of hydrogen-bond acceptors (Lipinski definition) is 5. The summed E-state index contributed by atoms with van der Waals surface area (Å²) in [6, 6.07) is 14.0. The number of carbonyl (C=O) groups is 1. The lowest BCUT2D eigenvalue weighted by Gasteiger charge is -2.32. The molecule has 28 heavy (non-hydrogen) atoms. The Kier molecular flexibility index (Phi) is 4.85. The maximum atomic E-state index is 13.2. The largest absolute Gasteiger partial charge is 0.325 e. The van der Waals surface area contributed by atoms with Crippen molar-refractivity contribution in [2.24, 2.45) is 0 Å². The zero-order valence-corrected chi connectivity index (χ0v) is 17.2. The van der Waals surface area contributed by atoms with Crippen molar-refractivity contribution in [3.05, 3.63) is 70.5 Å². The molecule has 1 aliphatic rings. The highest BCUT2D eigenvalue weighted by atomic mass is 32.2. The van der Waals surface area contributed by atoms with Gasteiger partial charge in [0, 0.05) is 5.69 Å². The van der Waals surface area contributed by atoms with Crippen molar-refractivity contribution >= 4 is 23.4 Å². The number of anilines is 1. The molecule has 0 saturated heterocycles. The predicted octanol–water partition coefficient (Wildman–Crippen LogP) is 3.91. The van der Waals surface area contributed by atoms with Gasteiger partial charge in [-0.2, -0.15) is 0 Å². The standard InChI is InChI=1S/C21H23N5OS/c1-12-5-8-16(9-6-12)18-19(28-21-24-23-15(4)26(21)25-18)20(27)22-17-10-7-13(2)14(3)11-17/h5-11,18-19,25H,1-4H3,(H,22,27)/t18-,19+/m0/s1. The van der Waals surface area contributed by atoms with Crippen LogP contribution in [-0.2, 0) is 4.79 Å². The molecule has 0 spiro atoms. The maximum Gasteiger partial charge on any atom is 0.240 e. The van der Waals surface area contributed by atoms with E-state index in [0.29, 0.717) is 5.16 Å². The van der Waals surface area contributed by atoms with E-state index in [1.54, 1.807) is 0 Å². The second kappa shape index (κ2) is 7.31. The second-order valence-electron chi connectivity index (χ2n) is 7.21. The van der Waals surface area contributed by atoms with Gasteiger partial charge in [-0.3, -0.25) is 4.79 Å². The van der Waals surface area contributed by atoms with Gasteiger partial charge in [0.2, 0.25) is 11.1 Å². The highest BCUT2D eigenvalue weighted by Crippen LogP contribution is 2.37. The van der Waals surface area contributed by atoms with E-state index in [0.717, 1.165) is 22.6 Å². The molecule has 1 aliphatic heterocycles. The molecule has 2 aromatic carbocycles. The van der Waals surface area contributed by atoms with Gasteiger partial charge in [0.25, 0.3) is 0 Å². The quantitative estimate of drug-likeness (QED) is 0.706. The Morgan fingerprint density at radius 3 is 2.50 bits per heavy atom. The van der Waals surface area contributed by atoms with Crippen LogP contribution in [-0.4, -0.2) is 26.0 Å². The van der Waals surface area contributed by atoms with Crippen molar-refractivity contribution < 1.29 is 4.79 Å². The number of carbonyl (C=O) groups excluding carboxylic acids is 1. The summed E-state index contributed by atoms with van der Waals surface area (Å²) in [5.74, 6) is 0.714. The number of aromatic nitrogens is 3. The van der Waals surface area contributed by atoms with Crippen LogP contribution in [0.4, 0.5) is 5.69 Å². The number of nitrogens with zero attached hydrogens (tertiary/aromatic N) is 3. The lowest BCUT2D eigenvalue weighted by molar-refractivity contribution is -0.116. The smallest absolute Gasteiger partial charge is 0.240 e. The summed E-state index contributed by atoms with van der Waals surface area (Å²) in [6.07, 6.45) is 0. The van der Waals surface area contributed by atoms with E-state index < -0.39 is 0 Å². The average Bonchev–Trinajstić information content (AvgIpc) is 3.04. The summed E-state index contributed by atoms with van der Waals surface area (Å²) < 4.78 is 1.86. The number of nitrogens with one attached hydrogen (secondary N) is 2. The lowest BCUT2D eigenvalue weighted by Crippen LogP contribution is -2.41. The van der Waals surface area contributed by atoms with Crippen LogP contribution in [0, 0.1) is 27.7 Å². The third-order valence-electron chi connectivity index (χ3n) is 5.07. The van der Waals surface area contributed by atoms with Gasteiger partial charge in [-0.1, -0.05) is 47.7 Å². The molecule has 0 bridgehead atoms. The summed E-state index contributed by atoms with van der Waals surface area (Å²) in [5, 5.41) is 11.7. The Hall–Kier alpha value is -2.80. The Bertz CT molecular complexity index is 1030. The number of fused-ring (bicyclic) bond motifs is 1. The minimum Gasteiger partial charge on any atom is -0.325 e. The van der Waals surface area contributed by atoms with E-state index in [-0.39, 0.29) is 17.2 Å². The lowest BCUT2D eigenvalue weighted by atomic mass is 10.0. The molecule has 6 nitrogen and oxygen atoms in total. The Morgan fingerprint density at radius 2 is 1.79 bits per heavy atom. The van der Waals surface area contributed by atoms with Crippen LogP contribution >= 0.6 is 11.8 Å². The predicted molar refractivity (Wildman–Crippen MR) is 112 cm³/mol. The number of hydrogen-bond donors (Lipinski definition) is 2. The van der Waals surface area contributed by atoms with E-state index in [4.69, 9.17) is 0 Å². The van der Waals surface area contributed by atoms with Crippen LogP contribution in [0.15, 0.2) is 47.6 Å². The molecule has 0 saturated carbocycles. The van der Waals surface area contributed by atoms with Gasteiger partial charge in [-0.15, -0.1) is 10.2 Å². The van der Waals surface area contributed by atoms with Crippen molar-refractivity contribution in [2.45, 2.75) is 44.1 Å². The number of benzene rings is 2. The number of amides is 1. The first-order valence-corrected chi connectivity index (χ1v) is 10.1. The van der Waals surface area contributed by atoms with Gasteiger partial charge in [-0.25, -0.2) is 4.68 Å².